The number of hydrogen-bond donors (Lipinski definition) is 0. The Labute approximate surface area is 170 Å². The maximum atomic E-state index is 14.2. The highest BCUT2D eigenvalue weighted by atomic mass is 19.1. The molecule has 1 aliphatic carbocycles. The standard InChI is InChI=1S/C27H33F/c1-3-5-7-21-8-10-22(11-9-21)12-13-23-14-16-24(17-15-23)26-19-18-25(6-4-2)27(28)20-26/h14-22H,3-11H2,1-2H3/t21-,22-. The third kappa shape index (κ3) is 5.71. The van der Waals surface area contributed by atoms with E-state index < -0.39 is 0 Å². The highest BCUT2D eigenvalue weighted by Gasteiger charge is 2.19. The van der Waals surface area contributed by atoms with Crippen molar-refractivity contribution >= 4 is 0 Å². The lowest BCUT2D eigenvalue weighted by molar-refractivity contribution is 0.296. The summed E-state index contributed by atoms with van der Waals surface area (Å²) >= 11 is 0. The van der Waals surface area contributed by atoms with E-state index in [2.05, 4.69) is 50.0 Å². The van der Waals surface area contributed by atoms with Gasteiger partial charge in [-0.3, -0.25) is 0 Å². The van der Waals surface area contributed by atoms with Crippen LogP contribution in [-0.2, 0) is 6.42 Å². The maximum Gasteiger partial charge on any atom is 0.127 e. The van der Waals surface area contributed by atoms with Crippen LogP contribution in [0, 0.1) is 29.5 Å². The van der Waals surface area contributed by atoms with Gasteiger partial charge in [0.05, 0.1) is 0 Å². The number of hydrogen-bond acceptors (Lipinski definition) is 0. The molecule has 0 aliphatic heterocycles. The molecule has 0 atom stereocenters. The van der Waals surface area contributed by atoms with Crippen LogP contribution >= 0.6 is 0 Å². The zero-order valence-electron chi connectivity index (χ0n) is 17.4. The van der Waals surface area contributed by atoms with Crippen LogP contribution in [0.1, 0.15) is 76.3 Å². The van der Waals surface area contributed by atoms with Crippen molar-refractivity contribution < 1.29 is 4.39 Å². The lowest BCUT2D eigenvalue weighted by Gasteiger charge is -2.25. The monoisotopic (exact) mass is 376 g/mol. The molecule has 1 aliphatic rings. The van der Waals surface area contributed by atoms with E-state index in [1.54, 1.807) is 6.07 Å². The van der Waals surface area contributed by atoms with Gasteiger partial charge >= 0.3 is 0 Å². The van der Waals surface area contributed by atoms with Crippen molar-refractivity contribution in [2.45, 2.75) is 71.6 Å². The summed E-state index contributed by atoms with van der Waals surface area (Å²) in [4.78, 5) is 0. The van der Waals surface area contributed by atoms with Crippen LogP contribution in [0.5, 0.6) is 0 Å². The lowest BCUT2D eigenvalue weighted by Crippen LogP contribution is -2.13. The second kappa shape index (κ2) is 10.5. The summed E-state index contributed by atoms with van der Waals surface area (Å²) in [6.45, 7) is 4.35. The van der Waals surface area contributed by atoms with Gasteiger partial charge in [0.1, 0.15) is 5.82 Å². The van der Waals surface area contributed by atoms with Gasteiger partial charge in [-0.2, -0.15) is 0 Å². The fourth-order valence-corrected chi connectivity index (χ4v) is 4.22. The Kier molecular flexibility index (Phi) is 7.72. The van der Waals surface area contributed by atoms with Crippen molar-refractivity contribution in [2.75, 3.05) is 0 Å². The van der Waals surface area contributed by atoms with Crippen molar-refractivity contribution in [3.05, 3.63) is 59.4 Å². The Morgan fingerprint density at radius 3 is 2.25 bits per heavy atom. The zero-order valence-corrected chi connectivity index (χ0v) is 17.4. The molecule has 28 heavy (non-hydrogen) atoms. The maximum absolute atomic E-state index is 14.2. The Bertz CT molecular complexity index is 798. The summed E-state index contributed by atoms with van der Waals surface area (Å²) in [5.74, 6) is 8.24. The molecule has 2 aromatic carbocycles. The highest BCUT2D eigenvalue weighted by molar-refractivity contribution is 5.65. The molecule has 2 aromatic rings. The summed E-state index contributed by atoms with van der Waals surface area (Å²) in [5.41, 5.74) is 3.84. The Balaban J connectivity index is 1.58. The topological polar surface area (TPSA) is 0 Å². The van der Waals surface area contributed by atoms with Gasteiger partial charge < -0.3 is 0 Å². The minimum Gasteiger partial charge on any atom is -0.207 e. The van der Waals surface area contributed by atoms with Crippen LogP contribution in [0.2, 0.25) is 0 Å². The number of benzene rings is 2. The van der Waals surface area contributed by atoms with Gasteiger partial charge in [-0.25, -0.2) is 4.39 Å². The van der Waals surface area contributed by atoms with Crippen molar-refractivity contribution in [1.82, 2.24) is 0 Å². The van der Waals surface area contributed by atoms with Gasteiger partial charge in [0, 0.05) is 11.5 Å². The number of unbranched alkanes of at least 4 members (excludes halogenated alkanes) is 1. The molecule has 0 saturated heterocycles. The van der Waals surface area contributed by atoms with Gasteiger partial charge in [-0.05, 0) is 72.9 Å². The summed E-state index contributed by atoms with van der Waals surface area (Å²) in [6.07, 6.45) is 11.0. The normalized spacial score (nSPS) is 19.1. The molecule has 0 N–H and O–H groups in total. The minimum atomic E-state index is -0.0993. The highest BCUT2D eigenvalue weighted by Crippen LogP contribution is 2.31. The van der Waals surface area contributed by atoms with Crippen LogP contribution in [0.3, 0.4) is 0 Å². The Morgan fingerprint density at radius 1 is 0.893 bits per heavy atom. The third-order valence-electron chi connectivity index (χ3n) is 6.02. The molecule has 0 radical (unpaired) electrons. The third-order valence-corrected chi connectivity index (χ3v) is 6.02. The molecule has 1 saturated carbocycles. The summed E-state index contributed by atoms with van der Waals surface area (Å²) in [7, 11) is 0. The summed E-state index contributed by atoms with van der Waals surface area (Å²) < 4.78 is 14.2. The van der Waals surface area contributed by atoms with E-state index >= 15 is 0 Å². The molecule has 0 amide bonds. The molecule has 0 nitrogen and oxygen atoms in total. The lowest BCUT2D eigenvalue weighted by atomic mass is 9.80. The van der Waals surface area contributed by atoms with E-state index in [4.69, 9.17) is 0 Å². The van der Waals surface area contributed by atoms with E-state index in [-0.39, 0.29) is 5.82 Å². The number of rotatable bonds is 6. The molecular weight excluding hydrogens is 343 g/mol. The molecule has 3 rings (SSSR count). The molecule has 0 aromatic heterocycles. The van der Waals surface area contributed by atoms with E-state index in [1.165, 1.54) is 44.9 Å². The number of aryl methyl sites for hydroxylation is 1. The first-order valence-corrected chi connectivity index (χ1v) is 11.1. The van der Waals surface area contributed by atoms with E-state index in [0.717, 1.165) is 41.0 Å². The predicted octanol–water partition coefficient (Wildman–Crippen LogP) is 7.79. The van der Waals surface area contributed by atoms with E-state index in [1.807, 2.05) is 12.1 Å². The molecule has 1 heteroatoms. The van der Waals surface area contributed by atoms with Crippen molar-refractivity contribution in [2.24, 2.45) is 11.8 Å². The minimum absolute atomic E-state index is 0.0993. The fourth-order valence-electron chi connectivity index (χ4n) is 4.22. The first-order valence-electron chi connectivity index (χ1n) is 11.1. The van der Waals surface area contributed by atoms with Crippen molar-refractivity contribution in [3.63, 3.8) is 0 Å². The molecule has 0 unspecified atom stereocenters. The predicted molar refractivity (Wildman–Crippen MR) is 118 cm³/mol. The smallest absolute Gasteiger partial charge is 0.127 e. The molecule has 0 heterocycles. The Morgan fingerprint density at radius 2 is 1.61 bits per heavy atom. The molecule has 0 spiro atoms. The van der Waals surface area contributed by atoms with Crippen molar-refractivity contribution in [3.8, 4) is 23.0 Å². The van der Waals surface area contributed by atoms with E-state index in [0.29, 0.717) is 5.92 Å². The van der Waals surface area contributed by atoms with Gasteiger partial charge in [-0.1, -0.05) is 75.6 Å². The first-order chi connectivity index (χ1) is 13.7. The summed E-state index contributed by atoms with van der Waals surface area (Å²) in [6, 6.07) is 13.8. The summed E-state index contributed by atoms with van der Waals surface area (Å²) in [5, 5.41) is 0. The Hall–Kier alpha value is -2.07. The fraction of sp³-hybridized carbons (Fsp3) is 0.481. The first kappa shape index (κ1) is 20.7. The largest absolute Gasteiger partial charge is 0.207 e. The van der Waals surface area contributed by atoms with Crippen LogP contribution in [0.15, 0.2) is 42.5 Å². The van der Waals surface area contributed by atoms with Crippen molar-refractivity contribution in [1.29, 1.82) is 0 Å². The average Bonchev–Trinajstić information content (AvgIpc) is 2.73. The van der Waals surface area contributed by atoms with Gasteiger partial charge in [-0.15, -0.1) is 0 Å². The quantitative estimate of drug-likeness (QED) is 0.451. The van der Waals surface area contributed by atoms with Crippen LogP contribution < -0.4 is 0 Å². The molecular formula is C27H33F. The average molecular weight is 377 g/mol. The molecule has 0 bridgehead atoms. The molecule has 1 fully saturated rings. The van der Waals surface area contributed by atoms with Crippen LogP contribution in [-0.4, -0.2) is 0 Å². The second-order valence-corrected chi connectivity index (χ2v) is 8.26. The van der Waals surface area contributed by atoms with Gasteiger partial charge in [0.25, 0.3) is 0 Å². The van der Waals surface area contributed by atoms with Gasteiger partial charge in [0.15, 0.2) is 0 Å². The SMILES string of the molecule is CCCC[C@H]1CC[C@H](C#Cc2ccc(-c3ccc(CCC)c(F)c3)cc2)CC1. The van der Waals surface area contributed by atoms with Crippen LogP contribution in [0.25, 0.3) is 11.1 Å². The zero-order chi connectivity index (χ0) is 19.8. The van der Waals surface area contributed by atoms with Gasteiger partial charge in [0.2, 0.25) is 0 Å². The van der Waals surface area contributed by atoms with Crippen LogP contribution in [0.4, 0.5) is 4.39 Å². The number of halogens is 1. The molecule has 148 valence electrons. The van der Waals surface area contributed by atoms with E-state index in [9.17, 15) is 4.39 Å². The second-order valence-electron chi connectivity index (χ2n) is 8.26.